The van der Waals surface area contributed by atoms with Gasteiger partial charge in [0.2, 0.25) is 0 Å². The molecule has 1 aliphatic rings. The number of hydrogen-bond acceptors (Lipinski definition) is 4. The van der Waals surface area contributed by atoms with Gasteiger partial charge < -0.3 is 9.47 Å². The molecule has 1 heterocycles. The van der Waals surface area contributed by atoms with Gasteiger partial charge in [-0.1, -0.05) is 0 Å². The maximum Gasteiger partial charge on any atom is 0.120 e. The van der Waals surface area contributed by atoms with E-state index < -0.39 is 0 Å². The smallest absolute Gasteiger partial charge is 0.120 e. The minimum atomic E-state index is 0.596. The molecule has 0 saturated carbocycles. The maximum absolute atomic E-state index is 8.91. The van der Waals surface area contributed by atoms with Crippen molar-refractivity contribution in [1.29, 1.82) is 5.26 Å². The van der Waals surface area contributed by atoms with Crippen LogP contribution in [0.3, 0.4) is 0 Å². The first-order valence-electron chi connectivity index (χ1n) is 5.92. The van der Waals surface area contributed by atoms with Crippen molar-refractivity contribution in [3.05, 3.63) is 28.2 Å². The average molecular weight is 311 g/mol. The molecule has 0 atom stereocenters. The van der Waals surface area contributed by atoms with Crippen LogP contribution in [0.4, 0.5) is 0 Å². The summed E-state index contributed by atoms with van der Waals surface area (Å²) in [6, 6.07) is 7.58. The Morgan fingerprint density at radius 3 is 2.89 bits per heavy atom. The molecule has 1 aliphatic heterocycles. The van der Waals surface area contributed by atoms with Crippen LogP contribution in [0.2, 0.25) is 0 Å². The summed E-state index contributed by atoms with van der Waals surface area (Å²) in [5, 5.41) is 8.91. The Morgan fingerprint density at radius 2 is 2.17 bits per heavy atom. The van der Waals surface area contributed by atoms with Crippen LogP contribution in [-0.2, 0) is 4.74 Å². The molecular weight excluding hydrogens is 296 g/mol. The van der Waals surface area contributed by atoms with Gasteiger partial charge in [0.25, 0.3) is 0 Å². The Balaban J connectivity index is 1.81. The standard InChI is InChI=1S/C13H15BrN2O2/c14-13-2-1-12(9-11(13)10-15)18-8-5-16-3-6-17-7-4-16/h1-2,9H,3-8H2. The Kier molecular flexibility index (Phi) is 5.00. The van der Waals surface area contributed by atoms with Crippen molar-refractivity contribution in [2.75, 3.05) is 39.5 Å². The summed E-state index contributed by atoms with van der Waals surface area (Å²) in [7, 11) is 0. The van der Waals surface area contributed by atoms with E-state index in [1.807, 2.05) is 12.1 Å². The third-order valence-corrected chi connectivity index (χ3v) is 3.53. The van der Waals surface area contributed by atoms with Gasteiger partial charge in [0, 0.05) is 24.1 Å². The lowest BCUT2D eigenvalue weighted by molar-refractivity contribution is 0.0322. The molecule has 0 unspecified atom stereocenters. The number of rotatable bonds is 4. The Bertz CT molecular complexity index is 439. The van der Waals surface area contributed by atoms with Crippen molar-refractivity contribution in [3.63, 3.8) is 0 Å². The van der Waals surface area contributed by atoms with Crippen LogP contribution in [0.1, 0.15) is 5.56 Å². The average Bonchev–Trinajstić information content (AvgIpc) is 2.42. The van der Waals surface area contributed by atoms with Crippen molar-refractivity contribution in [1.82, 2.24) is 4.90 Å². The van der Waals surface area contributed by atoms with Crippen LogP contribution < -0.4 is 4.74 Å². The molecule has 0 aromatic heterocycles. The normalized spacial score (nSPS) is 16.2. The van der Waals surface area contributed by atoms with Crippen LogP contribution in [0, 0.1) is 11.3 Å². The van der Waals surface area contributed by atoms with Crippen molar-refractivity contribution in [3.8, 4) is 11.8 Å². The van der Waals surface area contributed by atoms with E-state index in [9.17, 15) is 0 Å². The zero-order chi connectivity index (χ0) is 12.8. The summed E-state index contributed by atoms with van der Waals surface area (Å²) in [4.78, 5) is 2.31. The van der Waals surface area contributed by atoms with Crippen molar-refractivity contribution in [2.45, 2.75) is 0 Å². The van der Waals surface area contributed by atoms with E-state index >= 15 is 0 Å². The van der Waals surface area contributed by atoms with E-state index in [2.05, 4.69) is 26.9 Å². The summed E-state index contributed by atoms with van der Waals surface area (Å²) in [5.74, 6) is 0.739. The highest BCUT2D eigenvalue weighted by atomic mass is 79.9. The first-order chi connectivity index (χ1) is 8.79. The first kappa shape index (κ1) is 13.3. The number of hydrogen-bond donors (Lipinski definition) is 0. The third kappa shape index (κ3) is 3.70. The van der Waals surface area contributed by atoms with Gasteiger partial charge in [-0.25, -0.2) is 0 Å². The highest BCUT2D eigenvalue weighted by molar-refractivity contribution is 9.10. The minimum Gasteiger partial charge on any atom is -0.492 e. The molecule has 5 heteroatoms. The van der Waals surface area contributed by atoms with Gasteiger partial charge in [0.05, 0.1) is 18.8 Å². The lowest BCUT2D eigenvalue weighted by atomic mass is 10.2. The van der Waals surface area contributed by atoms with Gasteiger partial charge in [-0.3, -0.25) is 4.90 Å². The molecule has 1 saturated heterocycles. The number of morpholine rings is 1. The van der Waals surface area contributed by atoms with E-state index in [-0.39, 0.29) is 0 Å². The molecule has 1 aromatic carbocycles. The first-order valence-corrected chi connectivity index (χ1v) is 6.71. The topological polar surface area (TPSA) is 45.5 Å². The molecule has 0 amide bonds. The van der Waals surface area contributed by atoms with Crippen LogP contribution in [0.25, 0.3) is 0 Å². The number of halogens is 1. The van der Waals surface area contributed by atoms with E-state index in [1.54, 1.807) is 6.07 Å². The lowest BCUT2D eigenvalue weighted by Crippen LogP contribution is -2.38. The van der Waals surface area contributed by atoms with Gasteiger partial charge in [0.15, 0.2) is 0 Å². The molecule has 1 aromatic rings. The van der Waals surface area contributed by atoms with E-state index in [1.165, 1.54) is 0 Å². The highest BCUT2D eigenvalue weighted by Crippen LogP contribution is 2.21. The molecular formula is C13H15BrN2O2. The number of benzene rings is 1. The fourth-order valence-corrected chi connectivity index (χ4v) is 2.13. The Morgan fingerprint density at radius 1 is 1.39 bits per heavy atom. The SMILES string of the molecule is N#Cc1cc(OCCN2CCOCC2)ccc1Br. The molecule has 1 fully saturated rings. The molecule has 2 rings (SSSR count). The Hall–Kier alpha value is -1.09. The highest BCUT2D eigenvalue weighted by Gasteiger charge is 2.10. The summed E-state index contributed by atoms with van der Waals surface area (Å²) >= 11 is 3.32. The monoisotopic (exact) mass is 310 g/mol. The largest absolute Gasteiger partial charge is 0.492 e. The summed E-state index contributed by atoms with van der Waals surface area (Å²) in [5.41, 5.74) is 0.596. The van der Waals surface area contributed by atoms with Crippen molar-refractivity contribution < 1.29 is 9.47 Å². The maximum atomic E-state index is 8.91. The van der Waals surface area contributed by atoms with Crippen LogP contribution in [0.15, 0.2) is 22.7 Å². The second-order valence-corrected chi connectivity index (χ2v) is 4.91. The van der Waals surface area contributed by atoms with Gasteiger partial charge >= 0.3 is 0 Å². The van der Waals surface area contributed by atoms with Gasteiger partial charge in [0.1, 0.15) is 18.4 Å². The van der Waals surface area contributed by atoms with E-state index in [4.69, 9.17) is 14.7 Å². The van der Waals surface area contributed by atoms with Crippen LogP contribution >= 0.6 is 15.9 Å². The molecule has 18 heavy (non-hydrogen) atoms. The van der Waals surface area contributed by atoms with Crippen LogP contribution in [-0.4, -0.2) is 44.4 Å². The number of ether oxygens (including phenoxy) is 2. The van der Waals surface area contributed by atoms with Gasteiger partial charge in [-0.15, -0.1) is 0 Å². The summed E-state index contributed by atoms with van der Waals surface area (Å²) in [6.07, 6.45) is 0. The molecule has 96 valence electrons. The number of nitrogens with zero attached hydrogens (tertiary/aromatic N) is 2. The summed E-state index contributed by atoms with van der Waals surface area (Å²) < 4.78 is 11.7. The number of nitriles is 1. The fraction of sp³-hybridized carbons (Fsp3) is 0.462. The zero-order valence-corrected chi connectivity index (χ0v) is 11.6. The quantitative estimate of drug-likeness (QED) is 0.853. The molecule has 0 radical (unpaired) electrons. The lowest BCUT2D eigenvalue weighted by Gasteiger charge is -2.26. The van der Waals surface area contributed by atoms with Crippen molar-refractivity contribution in [2.24, 2.45) is 0 Å². The zero-order valence-electron chi connectivity index (χ0n) is 10.1. The molecule has 4 nitrogen and oxygen atoms in total. The van der Waals surface area contributed by atoms with Crippen molar-refractivity contribution >= 4 is 15.9 Å². The predicted molar refractivity (Wildman–Crippen MR) is 71.6 cm³/mol. The second-order valence-electron chi connectivity index (χ2n) is 4.06. The molecule has 0 spiro atoms. The molecule has 0 bridgehead atoms. The van der Waals surface area contributed by atoms with Crippen LogP contribution in [0.5, 0.6) is 5.75 Å². The second kappa shape index (κ2) is 6.74. The minimum absolute atomic E-state index is 0.596. The Labute approximate surface area is 115 Å². The molecule has 0 N–H and O–H groups in total. The van der Waals surface area contributed by atoms with Gasteiger partial charge in [-0.2, -0.15) is 5.26 Å². The summed E-state index contributed by atoms with van der Waals surface area (Å²) in [6.45, 7) is 5.06. The van der Waals surface area contributed by atoms with Gasteiger partial charge in [-0.05, 0) is 34.1 Å². The fourth-order valence-electron chi connectivity index (χ4n) is 1.80. The predicted octanol–water partition coefficient (Wildman–Crippen LogP) is 2.03. The molecule has 0 aliphatic carbocycles. The third-order valence-electron chi connectivity index (χ3n) is 2.84. The van der Waals surface area contributed by atoms with E-state index in [0.717, 1.165) is 43.1 Å². The van der Waals surface area contributed by atoms with E-state index in [0.29, 0.717) is 12.2 Å².